The average molecular weight is 291 g/mol. The molecular formula is C15H17NO5. The molecule has 1 aliphatic heterocycles. The van der Waals surface area contributed by atoms with Crippen LogP contribution in [0.4, 0.5) is 0 Å². The lowest BCUT2D eigenvalue weighted by atomic mass is 9.88. The van der Waals surface area contributed by atoms with Crippen molar-refractivity contribution in [2.75, 3.05) is 7.11 Å². The number of benzene rings is 1. The van der Waals surface area contributed by atoms with Gasteiger partial charge in [0, 0.05) is 18.9 Å². The van der Waals surface area contributed by atoms with Crippen molar-refractivity contribution in [3.05, 3.63) is 35.9 Å². The highest BCUT2D eigenvalue weighted by Crippen LogP contribution is 2.39. The normalized spacial score (nSPS) is 24.0. The van der Waals surface area contributed by atoms with Crippen LogP contribution in [0, 0.1) is 0 Å². The average Bonchev–Trinajstić information content (AvgIpc) is 2.44. The third kappa shape index (κ3) is 2.74. The van der Waals surface area contributed by atoms with Gasteiger partial charge in [0.05, 0.1) is 7.11 Å². The summed E-state index contributed by atoms with van der Waals surface area (Å²) in [7, 11) is 1.26. The summed E-state index contributed by atoms with van der Waals surface area (Å²) < 4.78 is 9.91. The molecule has 0 unspecified atom stereocenters. The molecule has 1 amide bonds. The SMILES string of the molecule is COC(=O)[C@H]1C[C@@](C)(OC(C)=O)N1C(=O)c1ccccc1. The van der Waals surface area contributed by atoms with Crippen molar-refractivity contribution < 1.29 is 23.9 Å². The molecule has 1 aromatic carbocycles. The third-order valence-electron chi connectivity index (χ3n) is 3.47. The third-order valence-corrected chi connectivity index (χ3v) is 3.47. The van der Waals surface area contributed by atoms with Crippen molar-refractivity contribution in [1.82, 2.24) is 4.90 Å². The van der Waals surface area contributed by atoms with Crippen molar-refractivity contribution in [3.63, 3.8) is 0 Å². The van der Waals surface area contributed by atoms with Gasteiger partial charge in [-0.3, -0.25) is 14.5 Å². The van der Waals surface area contributed by atoms with E-state index in [9.17, 15) is 14.4 Å². The van der Waals surface area contributed by atoms with Crippen molar-refractivity contribution in [2.24, 2.45) is 0 Å². The smallest absolute Gasteiger partial charge is 0.328 e. The van der Waals surface area contributed by atoms with Crippen LogP contribution in [-0.2, 0) is 19.1 Å². The Morgan fingerprint density at radius 3 is 2.38 bits per heavy atom. The number of esters is 2. The zero-order valence-electron chi connectivity index (χ0n) is 12.2. The molecule has 0 aliphatic carbocycles. The van der Waals surface area contributed by atoms with Crippen LogP contribution < -0.4 is 0 Å². The summed E-state index contributed by atoms with van der Waals surface area (Å²) in [6.07, 6.45) is 0.220. The van der Waals surface area contributed by atoms with Gasteiger partial charge in [-0.2, -0.15) is 0 Å². The number of rotatable bonds is 3. The van der Waals surface area contributed by atoms with E-state index in [2.05, 4.69) is 0 Å². The number of hydrogen-bond donors (Lipinski definition) is 0. The van der Waals surface area contributed by atoms with Crippen molar-refractivity contribution in [2.45, 2.75) is 32.0 Å². The standard InChI is InChI=1S/C15H17NO5/c1-10(17)21-15(2)9-12(14(19)20-3)16(15)13(18)11-7-5-4-6-8-11/h4-8,12H,9H2,1-3H3/t12-,15-/m1/s1. The van der Waals surface area contributed by atoms with Gasteiger partial charge in [-0.05, 0) is 19.1 Å². The first kappa shape index (κ1) is 15.0. The molecule has 0 saturated carbocycles. The van der Waals surface area contributed by atoms with E-state index in [1.165, 1.54) is 18.9 Å². The Hall–Kier alpha value is -2.37. The minimum atomic E-state index is -1.13. The van der Waals surface area contributed by atoms with Gasteiger partial charge in [-0.25, -0.2) is 4.79 Å². The van der Waals surface area contributed by atoms with E-state index in [4.69, 9.17) is 9.47 Å². The topological polar surface area (TPSA) is 72.9 Å². The fraction of sp³-hybridized carbons (Fsp3) is 0.400. The summed E-state index contributed by atoms with van der Waals surface area (Å²) in [5.41, 5.74) is -0.707. The second kappa shape index (κ2) is 5.55. The molecule has 0 radical (unpaired) electrons. The number of likely N-dealkylation sites (tertiary alicyclic amines) is 1. The Morgan fingerprint density at radius 1 is 1.24 bits per heavy atom. The van der Waals surface area contributed by atoms with Crippen LogP contribution in [-0.4, -0.2) is 41.6 Å². The Labute approximate surface area is 122 Å². The van der Waals surface area contributed by atoms with Gasteiger partial charge >= 0.3 is 11.9 Å². The van der Waals surface area contributed by atoms with E-state index in [0.29, 0.717) is 5.56 Å². The highest BCUT2D eigenvalue weighted by molar-refractivity contribution is 5.98. The fourth-order valence-electron chi connectivity index (χ4n) is 2.57. The lowest BCUT2D eigenvalue weighted by Crippen LogP contribution is -2.70. The van der Waals surface area contributed by atoms with Crippen LogP contribution in [0.25, 0.3) is 0 Å². The van der Waals surface area contributed by atoms with Gasteiger partial charge in [-0.15, -0.1) is 0 Å². The van der Waals surface area contributed by atoms with Gasteiger partial charge in [0.25, 0.3) is 5.91 Å². The van der Waals surface area contributed by atoms with Crippen LogP contribution in [0.2, 0.25) is 0 Å². The Kier molecular flexibility index (Phi) is 3.97. The number of amides is 1. The number of nitrogens with zero attached hydrogens (tertiary/aromatic N) is 1. The number of ether oxygens (including phenoxy) is 2. The summed E-state index contributed by atoms with van der Waals surface area (Å²) in [5, 5.41) is 0. The van der Waals surface area contributed by atoms with E-state index < -0.39 is 23.7 Å². The van der Waals surface area contributed by atoms with Crippen LogP contribution in [0.3, 0.4) is 0 Å². The molecule has 1 saturated heterocycles. The highest BCUT2D eigenvalue weighted by Gasteiger charge is 2.57. The van der Waals surface area contributed by atoms with E-state index in [1.807, 2.05) is 0 Å². The molecule has 0 spiro atoms. The van der Waals surface area contributed by atoms with Crippen LogP contribution >= 0.6 is 0 Å². The molecule has 21 heavy (non-hydrogen) atoms. The van der Waals surface area contributed by atoms with Crippen LogP contribution in [0.5, 0.6) is 0 Å². The molecule has 0 aromatic heterocycles. The van der Waals surface area contributed by atoms with Crippen LogP contribution in [0.15, 0.2) is 30.3 Å². The van der Waals surface area contributed by atoms with Gasteiger partial charge in [0.2, 0.25) is 0 Å². The quantitative estimate of drug-likeness (QED) is 0.786. The molecule has 2 atom stereocenters. The lowest BCUT2D eigenvalue weighted by Gasteiger charge is -2.53. The zero-order chi connectivity index (χ0) is 15.6. The van der Waals surface area contributed by atoms with Gasteiger partial charge < -0.3 is 9.47 Å². The van der Waals surface area contributed by atoms with E-state index in [1.54, 1.807) is 37.3 Å². The van der Waals surface area contributed by atoms with Crippen molar-refractivity contribution >= 4 is 17.8 Å². The van der Waals surface area contributed by atoms with E-state index in [0.717, 1.165) is 0 Å². The van der Waals surface area contributed by atoms with Crippen LogP contribution in [0.1, 0.15) is 30.6 Å². The number of hydrogen-bond acceptors (Lipinski definition) is 5. The summed E-state index contributed by atoms with van der Waals surface area (Å²) >= 11 is 0. The van der Waals surface area contributed by atoms with Gasteiger partial charge in [-0.1, -0.05) is 18.2 Å². The van der Waals surface area contributed by atoms with Crippen molar-refractivity contribution in [1.29, 1.82) is 0 Å². The molecule has 6 heteroatoms. The Balaban J connectivity index is 2.30. The summed E-state index contributed by atoms with van der Waals surface area (Å²) in [5.74, 6) is -1.41. The molecule has 0 bridgehead atoms. The number of methoxy groups -OCH3 is 1. The van der Waals surface area contributed by atoms with Crippen molar-refractivity contribution in [3.8, 4) is 0 Å². The van der Waals surface area contributed by atoms with Gasteiger partial charge in [0.1, 0.15) is 6.04 Å². The molecule has 1 fully saturated rings. The zero-order valence-corrected chi connectivity index (χ0v) is 12.2. The molecule has 112 valence electrons. The highest BCUT2D eigenvalue weighted by atomic mass is 16.6. The van der Waals surface area contributed by atoms with Gasteiger partial charge in [0.15, 0.2) is 5.72 Å². The molecule has 0 N–H and O–H groups in total. The minimum Gasteiger partial charge on any atom is -0.467 e. The molecule has 1 heterocycles. The maximum Gasteiger partial charge on any atom is 0.328 e. The molecular weight excluding hydrogens is 274 g/mol. The minimum absolute atomic E-state index is 0.220. The largest absolute Gasteiger partial charge is 0.467 e. The Morgan fingerprint density at radius 2 is 1.86 bits per heavy atom. The monoisotopic (exact) mass is 291 g/mol. The van der Waals surface area contributed by atoms with E-state index in [-0.39, 0.29) is 12.3 Å². The van der Waals surface area contributed by atoms with E-state index >= 15 is 0 Å². The summed E-state index contributed by atoms with van der Waals surface area (Å²) in [6.45, 7) is 2.87. The first-order valence-corrected chi connectivity index (χ1v) is 6.55. The molecule has 2 rings (SSSR count). The number of carbonyl (C=O) groups is 3. The Bertz CT molecular complexity index is 571. The lowest BCUT2D eigenvalue weighted by molar-refractivity contribution is -0.219. The maximum atomic E-state index is 12.6. The molecule has 6 nitrogen and oxygen atoms in total. The fourth-order valence-corrected chi connectivity index (χ4v) is 2.57. The summed E-state index contributed by atoms with van der Waals surface area (Å²) in [6, 6.07) is 7.78. The second-order valence-corrected chi connectivity index (χ2v) is 5.05. The predicted octanol–water partition coefficient (Wildman–Crippen LogP) is 1.35. The second-order valence-electron chi connectivity index (χ2n) is 5.05. The molecule has 1 aliphatic rings. The summed E-state index contributed by atoms with van der Waals surface area (Å²) in [4.78, 5) is 36.8. The first-order chi connectivity index (χ1) is 9.89. The maximum absolute atomic E-state index is 12.6. The number of carbonyl (C=O) groups excluding carboxylic acids is 3. The molecule has 1 aromatic rings. The first-order valence-electron chi connectivity index (χ1n) is 6.55. The predicted molar refractivity (Wildman–Crippen MR) is 73.2 cm³/mol.